The van der Waals surface area contributed by atoms with E-state index in [1.165, 1.54) is 4.88 Å². The van der Waals surface area contributed by atoms with E-state index in [0.717, 1.165) is 13.0 Å². The standard InChI is InChI=1S/C8H9BrN4S/c9-7-11-8(10)12-13(7)4-3-6-2-1-5-14-6/h1-2,5H,3-4H2,(H2,10,12). The highest BCUT2D eigenvalue weighted by Crippen LogP contribution is 2.12. The topological polar surface area (TPSA) is 56.7 Å². The summed E-state index contributed by atoms with van der Waals surface area (Å²) in [6.07, 6.45) is 0.957. The number of thiophene rings is 1. The van der Waals surface area contributed by atoms with Crippen molar-refractivity contribution < 1.29 is 0 Å². The number of hydrogen-bond acceptors (Lipinski definition) is 4. The van der Waals surface area contributed by atoms with Crippen molar-refractivity contribution in [2.75, 3.05) is 5.73 Å². The van der Waals surface area contributed by atoms with Crippen LogP contribution in [0.15, 0.2) is 22.2 Å². The van der Waals surface area contributed by atoms with Crippen LogP contribution in [0.2, 0.25) is 0 Å². The maximum Gasteiger partial charge on any atom is 0.240 e. The molecule has 2 N–H and O–H groups in total. The SMILES string of the molecule is Nc1nc(Br)n(CCc2cccs2)n1. The van der Waals surface area contributed by atoms with Crippen molar-refractivity contribution in [2.45, 2.75) is 13.0 Å². The van der Waals surface area contributed by atoms with Gasteiger partial charge in [-0.05, 0) is 27.4 Å². The second kappa shape index (κ2) is 4.10. The summed E-state index contributed by atoms with van der Waals surface area (Å²) >= 11 is 5.04. The van der Waals surface area contributed by atoms with Gasteiger partial charge in [0, 0.05) is 17.8 Å². The zero-order valence-electron chi connectivity index (χ0n) is 7.35. The van der Waals surface area contributed by atoms with Crippen molar-refractivity contribution in [1.29, 1.82) is 0 Å². The number of hydrogen-bond donors (Lipinski definition) is 1. The lowest BCUT2D eigenvalue weighted by Crippen LogP contribution is -2.03. The fourth-order valence-electron chi connectivity index (χ4n) is 1.15. The zero-order valence-corrected chi connectivity index (χ0v) is 9.75. The Morgan fingerprint density at radius 2 is 2.43 bits per heavy atom. The predicted molar refractivity (Wildman–Crippen MR) is 60.2 cm³/mol. The van der Waals surface area contributed by atoms with E-state index in [-0.39, 0.29) is 0 Å². The summed E-state index contributed by atoms with van der Waals surface area (Å²) in [6.45, 7) is 0.797. The maximum atomic E-state index is 5.46. The molecule has 74 valence electrons. The molecule has 0 aliphatic heterocycles. The first-order valence-corrected chi connectivity index (χ1v) is 5.81. The first kappa shape index (κ1) is 9.67. The molecule has 0 radical (unpaired) electrons. The van der Waals surface area contributed by atoms with E-state index in [2.05, 4.69) is 37.5 Å². The van der Waals surface area contributed by atoms with Gasteiger partial charge in [-0.3, -0.25) is 0 Å². The van der Waals surface area contributed by atoms with Crippen LogP contribution in [0.25, 0.3) is 0 Å². The van der Waals surface area contributed by atoms with Gasteiger partial charge in [0.2, 0.25) is 5.95 Å². The molecule has 6 heteroatoms. The van der Waals surface area contributed by atoms with Gasteiger partial charge in [-0.15, -0.1) is 16.4 Å². The van der Waals surface area contributed by atoms with Crippen LogP contribution in [0.4, 0.5) is 5.95 Å². The fraction of sp³-hybridized carbons (Fsp3) is 0.250. The Morgan fingerprint density at radius 1 is 1.57 bits per heavy atom. The van der Waals surface area contributed by atoms with Gasteiger partial charge in [0.05, 0.1) is 0 Å². The highest BCUT2D eigenvalue weighted by molar-refractivity contribution is 9.10. The van der Waals surface area contributed by atoms with Crippen LogP contribution in [-0.2, 0) is 13.0 Å². The molecule has 14 heavy (non-hydrogen) atoms. The zero-order chi connectivity index (χ0) is 9.97. The summed E-state index contributed by atoms with van der Waals surface area (Å²) in [5.41, 5.74) is 5.46. The molecule has 0 fully saturated rings. The van der Waals surface area contributed by atoms with Crippen LogP contribution in [0.3, 0.4) is 0 Å². The molecule has 4 nitrogen and oxygen atoms in total. The van der Waals surface area contributed by atoms with E-state index in [1.807, 2.05) is 6.07 Å². The summed E-state index contributed by atoms with van der Waals surface area (Å²) in [5, 5.41) is 6.12. The van der Waals surface area contributed by atoms with Gasteiger partial charge in [0.25, 0.3) is 0 Å². The Balaban J connectivity index is 2.01. The second-order valence-electron chi connectivity index (χ2n) is 2.79. The number of anilines is 1. The lowest BCUT2D eigenvalue weighted by atomic mass is 10.3. The van der Waals surface area contributed by atoms with E-state index >= 15 is 0 Å². The van der Waals surface area contributed by atoms with Crippen molar-refractivity contribution in [2.24, 2.45) is 0 Å². The minimum absolute atomic E-state index is 0.308. The Hall–Kier alpha value is -0.880. The normalized spacial score (nSPS) is 10.6. The third-order valence-electron chi connectivity index (χ3n) is 1.79. The smallest absolute Gasteiger partial charge is 0.240 e. The van der Waals surface area contributed by atoms with E-state index in [0.29, 0.717) is 10.7 Å². The molecular formula is C8H9BrN4S. The van der Waals surface area contributed by atoms with Crippen LogP contribution in [-0.4, -0.2) is 14.8 Å². The third kappa shape index (κ3) is 2.13. The molecule has 2 aromatic rings. The Labute approximate surface area is 93.9 Å². The molecule has 0 saturated carbocycles. The van der Waals surface area contributed by atoms with Gasteiger partial charge in [-0.1, -0.05) is 6.07 Å². The van der Waals surface area contributed by atoms with E-state index in [4.69, 9.17) is 5.73 Å². The van der Waals surface area contributed by atoms with Gasteiger partial charge in [0.1, 0.15) is 0 Å². The number of nitrogens with two attached hydrogens (primary N) is 1. The molecule has 2 aromatic heterocycles. The van der Waals surface area contributed by atoms with Gasteiger partial charge in [-0.2, -0.15) is 4.98 Å². The average Bonchev–Trinajstić information content (AvgIpc) is 2.72. The molecular weight excluding hydrogens is 264 g/mol. The quantitative estimate of drug-likeness (QED) is 0.929. The molecule has 2 heterocycles. The highest BCUT2D eigenvalue weighted by Gasteiger charge is 2.04. The molecule has 0 spiro atoms. The van der Waals surface area contributed by atoms with E-state index < -0.39 is 0 Å². The fourth-order valence-corrected chi connectivity index (χ4v) is 2.29. The second-order valence-corrected chi connectivity index (χ2v) is 4.53. The number of nitrogens with zero attached hydrogens (tertiary/aromatic N) is 3. The molecule has 0 amide bonds. The van der Waals surface area contributed by atoms with Crippen molar-refractivity contribution in [3.05, 3.63) is 27.1 Å². The molecule has 0 aliphatic rings. The molecule has 0 bridgehead atoms. The van der Waals surface area contributed by atoms with Gasteiger partial charge in [0.15, 0.2) is 4.73 Å². The van der Waals surface area contributed by atoms with Crippen LogP contribution in [0, 0.1) is 0 Å². The number of nitrogen functional groups attached to an aromatic ring is 1. The lowest BCUT2D eigenvalue weighted by molar-refractivity contribution is 0.605. The minimum atomic E-state index is 0.308. The van der Waals surface area contributed by atoms with Crippen LogP contribution in [0.1, 0.15) is 4.88 Å². The summed E-state index contributed by atoms with van der Waals surface area (Å²) < 4.78 is 2.45. The maximum absolute atomic E-state index is 5.46. The Bertz CT molecular complexity index is 409. The number of halogens is 1. The Morgan fingerprint density at radius 3 is 3.00 bits per heavy atom. The van der Waals surface area contributed by atoms with Gasteiger partial charge in [-0.25, -0.2) is 4.68 Å². The monoisotopic (exact) mass is 272 g/mol. The summed E-state index contributed by atoms with van der Waals surface area (Å²) in [6, 6.07) is 4.16. The van der Waals surface area contributed by atoms with Crippen molar-refractivity contribution in [3.63, 3.8) is 0 Å². The van der Waals surface area contributed by atoms with E-state index in [9.17, 15) is 0 Å². The van der Waals surface area contributed by atoms with Crippen molar-refractivity contribution in [3.8, 4) is 0 Å². The molecule has 0 saturated heterocycles. The average molecular weight is 273 g/mol. The van der Waals surface area contributed by atoms with Crippen LogP contribution < -0.4 is 5.73 Å². The summed E-state index contributed by atoms with van der Waals surface area (Å²) in [7, 11) is 0. The summed E-state index contributed by atoms with van der Waals surface area (Å²) in [4.78, 5) is 5.30. The molecule has 2 rings (SSSR count). The summed E-state index contributed by atoms with van der Waals surface area (Å²) in [5.74, 6) is 0.308. The largest absolute Gasteiger partial charge is 0.366 e. The first-order valence-electron chi connectivity index (χ1n) is 4.14. The third-order valence-corrected chi connectivity index (χ3v) is 3.32. The first-order chi connectivity index (χ1) is 6.75. The lowest BCUT2D eigenvalue weighted by Gasteiger charge is -1.99. The number of aryl methyl sites for hydroxylation is 2. The molecule has 0 aromatic carbocycles. The Kier molecular flexibility index (Phi) is 2.83. The molecule has 0 unspecified atom stereocenters. The highest BCUT2D eigenvalue weighted by atomic mass is 79.9. The number of rotatable bonds is 3. The predicted octanol–water partition coefficient (Wildman–Crippen LogP) is 1.93. The van der Waals surface area contributed by atoms with Crippen LogP contribution in [0.5, 0.6) is 0 Å². The molecule has 0 aliphatic carbocycles. The minimum Gasteiger partial charge on any atom is -0.366 e. The van der Waals surface area contributed by atoms with Gasteiger partial charge < -0.3 is 5.73 Å². The van der Waals surface area contributed by atoms with E-state index in [1.54, 1.807) is 16.0 Å². The number of aromatic nitrogens is 3. The van der Waals surface area contributed by atoms with Crippen LogP contribution >= 0.6 is 27.3 Å². The molecule has 0 atom stereocenters. The van der Waals surface area contributed by atoms with Gasteiger partial charge >= 0.3 is 0 Å². The van der Waals surface area contributed by atoms with Crippen molar-refractivity contribution >= 4 is 33.2 Å². The van der Waals surface area contributed by atoms with Crippen molar-refractivity contribution in [1.82, 2.24) is 14.8 Å².